The Morgan fingerprint density at radius 1 is 1.19 bits per heavy atom. The fourth-order valence-electron chi connectivity index (χ4n) is 1.57. The van der Waals surface area contributed by atoms with Crippen LogP contribution < -0.4 is 4.90 Å². The number of anilines is 1. The predicted octanol–water partition coefficient (Wildman–Crippen LogP) is 2.66. The van der Waals surface area contributed by atoms with Crippen LogP contribution in [-0.2, 0) is 9.47 Å². The molecule has 0 aliphatic heterocycles. The van der Waals surface area contributed by atoms with Gasteiger partial charge in [0.15, 0.2) is 0 Å². The molecule has 0 saturated heterocycles. The molecule has 0 bridgehead atoms. The van der Waals surface area contributed by atoms with Gasteiger partial charge in [-0.3, -0.25) is 9.69 Å². The first-order valence-corrected chi connectivity index (χ1v) is 6.33. The Balaban J connectivity index is 3.14. The molecule has 1 amide bonds. The predicted molar refractivity (Wildman–Crippen MR) is 77.8 cm³/mol. The lowest BCUT2D eigenvalue weighted by atomic mass is 10.1. The molecule has 0 saturated carbocycles. The smallest absolute Gasteiger partial charge is 0.414 e. The summed E-state index contributed by atoms with van der Waals surface area (Å²) in [5.41, 5.74) is 0.184. The highest BCUT2D eigenvalue weighted by Crippen LogP contribution is 2.20. The maximum absolute atomic E-state index is 12.0. The number of amides is 1. The summed E-state index contributed by atoms with van der Waals surface area (Å²) in [6.45, 7) is 5.25. The van der Waals surface area contributed by atoms with E-state index >= 15 is 0 Å². The van der Waals surface area contributed by atoms with E-state index in [0.29, 0.717) is 12.0 Å². The molecule has 1 aromatic rings. The van der Waals surface area contributed by atoms with Crippen LogP contribution in [-0.4, -0.2) is 38.1 Å². The van der Waals surface area contributed by atoms with Gasteiger partial charge in [0.25, 0.3) is 0 Å². The Hall–Kier alpha value is -2.37. The van der Waals surface area contributed by atoms with E-state index in [2.05, 4.69) is 4.74 Å². The lowest BCUT2D eigenvalue weighted by Gasteiger charge is -2.25. The molecule has 0 fully saturated rings. The van der Waals surface area contributed by atoms with Crippen molar-refractivity contribution in [3.8, 4) is 0 Å². The Kier molecular flexibility index (Phi) is 5.07. The van der Waals surface area contributed by atoms with Crippen molar-refractivity contribution in [3.63, 3.8) is 0 Å². The molecule has 0 atom stereocenters. The number of carbonyl (C=O) groups excluding carboxylic acids is 3. The van der Waals surface area contributed by atoms with Crippen molar-refractivity contribution in [2.45, 2.75) is 26.4 Å². The van der Waals surface area contributed by atoms with Crippen LogP contribution in [0.5, 0.6) is 0 Å². The van der Waals surface area contributed by atoms with Gasteiger partial charge in [-0.25, -0.2) is 9.59 Å². The van der Waals surface area contributed by atoms with Crippen LogP contribution in [0.2, 0.25) is 0 Å². The number of rotatable bonds is 3. The number of esters is 1. The topological polar surface area (TPSA) is 72.9 Å². The summed E-state index contributed by atoms with van der Waals surface area (Å²) in [4.78, 5) is 35.8. The van der Waals surface area contributed by atoms with Gasteiger partial charge in [0.2, 0.25) is 0 Å². The summed E-state index contributed by atoms with van der Waals surface area (Å²) in [5.74, 6) is -0.586. The van der Waals surface area contributed by atoms with E-state index in [0.717, 1.165) is 0 Å². The van der Waals surface area contributed by atoms with Crippen LogP contribution in [0.15, 0.2) is 18.2 Å². The largest absolute Gasteiger partial charge is 0.465 e. The summed E-state index contributed by atoms with van der Waals surface area (Å²) in [6.07, 6.45) is 0.0140. The van der Waals surface area contributed by atoms with Crippen molar-refractivity contribution >= 4 is 24.0 Å². The molecule has 0 radical (unpaired) electrons. The Morgan fingerprint density at radius 3 is 2.29 bits per heavy atom. The third-order valence-corrected chi connectivity index (χ3v) is 2.55. The van der Waals surface area contributed by atoms with E-state index < -0.39 is 17.7 Å². The van der Waals surface area contributed by atoms with Crippen molar-refractivity contribution in [2.24, 2.45) is 0 Å². The standard InChI is InChI=1S/C15H19NO5/c1-15(2,3)21-14(19)16(4)12-7-10(9-17)6-11(8-12)13(18)20-5/h6-9H,1-5H3. The normalized spacial score (nSPS) is 10.7. The number of carbonyl (C=O) groups is 3. The molecule has 0 spiro atoms. The van der Waals surface area contributed by atoms with Crippen molar-refractivity contribution in [2.75, 3.05) is 19.1 Å². The Labute approximate surface area is 123 Å². The van der Waals surface area contributed by atoms with Gasteiger partial charge >= 0.3 is 12.1 Å². The SMILES string of the molecule is COC(=O)c1cc(C=O)cc(N(C)C(=O)OC(C)(C)C)c1. The zero-order chi connectivity index (χ0) is 16.2. The van der Waals surface area contributed by atoms with Gasteiger partial charge in [0.1, 0.15) is 11.9 Å². The molecule has 0 heterocycles. The summed E-state index contributed by atoms with van der Waals surface area (Å²) in [5, 5.41) is 0. The van der Waals surface area contributed by atoms with Gasteiger partial charge in [-0.05, 0) is 39.0 Å². The lowest BCUT2D eigenvalue weighted by molar-refractivity contribution is 0.0579. The van der Waals surface area contributed by atoms with Crippen molar-refractivity contribution < 1.29 is 23.9 Å². The molecular weight excluding hydrogens is 274 g/mol. The highest BCUT2D eigenvalue weighted by Gasteiger charge is 2.21. The number of hydrogen-bond acceptors (Lipinski definition) is 5. The summed E-state index contributed by atoms with van der Waals surface area (Å²) in [7, 11) is 2.74. The van der Waals surface area contributed by atoms with Gasteiger partial charge in [-0.1, -0.05) is 0 Å². The number of ether oxygens (including phenoxy) is 2. The van der Waals surface area contributed by atoms with Crippen molar-refractivity contribution in [1.29, 1.82) is 0 Å². The highest BCUT2D eigenvalue weighted by atomic mass is 16.6. The molecule has 0 N–H and O–H groups in total. The van der Waals surface area contributed by atoms with E-state index in [9.17, 15) is 14.4 Å². The first-order chi connectivity index (χ1) is 9.67. The number of benzene rings is 1. The minimum absolute atomic E-state index is 0.188. The van der Waals surface area contributed by atoms with Gasteiger partial charge < -0.3 is 9.47 Å². The van der Waals surface area contributed by atoms with Crippen LogP contribution in [0.3, 0.4) is 0 Å². The van der Waals surface area contributed by atoms with E-state index in [-0.39, 0.29) is 11.1 Å². The summed E-state index contributed by atoms with van der Waals surface area (Å²) < 4.78 is 9.86. The molecule has 1 aromatic carbocycles. The molecule has 0 aliphatic carbocycles. The summed E-state index contributed by atoms with van der Waals surface area (Å²) >= 11 is 0. The zero-order valence-corrected chi connectivity index (χ0v) is 12.8. The Bertz CT molecular complexity index is 560. The monoisotopic (exact) mass is 293 g/mol. The van der Waals surface area contributed by atoms with Gasteiger partial charge in [0.05, 0.1) is 12.7 Å². The minimum atomic E-state index is -0.640. The van der Waals surface area contributed by atoms with E-state index in [1.807, 2.05) is 0 Å². The van der Waals surface area contributed by atoms with Gasteiger partial charge in [-0.15, -0.1) is 0 Å². The molecule has 1 rings (SSSR count). The number of nitrogens with zero attached hydrogens (tertiary/aromatic N) is 1. The maximum atomic E-state index is 12.0. The van der Waals surface area contributed by atoms with Crippen LogP contribution in [0.1, 0.15) is 41.5 Å². The molecule has 21 heavy (non-hydrogen) atoms. The van der Waals surface area contributed by atoms with Crippen molar-refractivity contribution in [1.82, 2.24) is 0 Å². The van der Waals surface area contributed by atoms with Crippen LogP contribution >= 0.6 is 0 Å². The van der Waals surface area contributed by atoms with Gasteiger partial charge in [-0.2, -0.15) is 0 Å². The van der Waals surface area contributed by atoms with E-state index in [4.69, 9.17) is 4.74 Å². The molecule has 6 nitrogen and oxygen atoms in total. The summed E-state index contributed by atoms with van der Waals surface area (Å²) in [6, 6.07) is 4.34. The zero-order valence-electron chi connectivity index (χ0n) is 12.8. The lowest BCUT2D eigenvalue weighted by Crippen LogP contribution is -2.34. The molecule has 0 aromatic heterocycles. The fourth-order valence-corrected chi connectivity index (χ4v) is 1.57. The average molecular weight is 293 g/mol. The molecule has 0 unspecified atom stereocenters. The second-order valence-electron chi connectivity index (χ2n) is 5.46. The second-order valence-corrected chi connectivity index (χ2v) is 5.46. The second kappa shape index (κ2) is 6.39. The van der Waals surface area contributed by atoms with Gasteiger partial charge in [0, 0.05) is 18.3 Å². The van der Waals surface area contributed by atoms with E-state index in [1.165, 1.54) is 37.3 Å². The molecule has 6 heteroatoms. The van der Waals surface area contributed by atoms with Crippen molar-refractivity contribution in [3.05, 3.63) is 29.3 Å². The highest BCUT2D eigenvalue weighted by molar-refractivity contribution is 5.96. The Morgan fingerprint density at radius 2 is 1.81 bits per heavy atom. The maximum Gasteiger partial charge on any atom is 0.414 e. The quantitative estimate of drug-likeness (QED) is 0.632. The molecule has 0 aliphatic rings. The third-order valence-electron chi connectivity index (χ3n) is 2.55. The molecular formula is C15H19NO5. The molecule has 114 valence electrons. The average Bonchev–Trinajstić information content (AvgIpc) is 2.43. The van der Waals surface area contributed by atoms with Crippen LogP contribution in [0.25, 0.3) is 0 Å². The minimum Gasteiger partial charge on any atom is -0.465 e. The first kappa shape index (κ1) is 16.7. The van der Waals surface area contributed by atoms with Crippen LogP contribution in [0.4, 0.5) is 10.5 Å². The number of hydrogen-bond donors (Lipinski definition) is 0. The van der Waals surface area contributed by atoms with E-state index in [1.54, 1.807) is 20.8 Å². The number of methoxy groups -OCH3 is 1. The van der Waals surface area contributed by atoms with Crippen LogP contribution in [0, 0.1) is 0 Å². The number of aldehydes is 1. The third kappa shape index (κ3) is 4.59. The fraction of sp³-hybridized carbons (Fsp3) is 0.400. The first-order valence-electron chi connectivity index (χ1n) is 6.33.